The van der Waals surface area contributed by atoms with Gasteiger partial charge in [0.05, 0.1) is 31.3 Å². The Labute approximate surface area is 207 Å². The van der Waals surface area contributed by atoms with E-state index < -0.39 is 34.9 Å². The molecule has 0 bridgehead atoms. The van der Waals surface area contributed by atoms with Gasteiger partial charge in [-0.05, 0) is 17.7 Å². The van der Waals surface area contributed by atoms with Gasteiger partial charge in [-0.2, -0.15) is 4.90 Å². The number of rotatable bonds is 4. The highest BCUT2D eigenvalue weighted by atomic mass is 32.2. The van der Waals surface area contributed by atoms with Crippen molar-refractivity contribution in [3.63, 3.8) is 0 Å². The van der Waals surface area contributed by atoms with Crippen molar-refractivity contribution in [1.29, 1.82) is 0 Å². The van der Waals surface area contributed by atoms with E-state index in [1.807, 2.05) is 0 Å². The summed E-state index contributed by atoms with van der Waals surface area (Å²) in [4.78, 5) is 66.5. The van der Waals surface area contributed by atoms with Crippen LogP contribution in [0.4, 0.5) is 4.79 Å². The van der Waals surface area contributed by atoms with Gasteiger partial charge in [-0.25, -0.2) is 4.79 Å². The van der Waals surface area contributed by atoms with Crippen LogP contribution >= 0.6 is 23.1 Å². The van der Waals surface area contributed by atoms with Gasteiger partial charge < -0.3 is 20.1 Å². The molecule has 2 fully saturated rings. The van der Waals surface area contributed by atoms with E-state index in [9.17, 15) is 24.0 Å². The largest absolute Gasteiger partial charge is 0.497 e. The third-order valence-corrected chi connectivity index (χ3v) is 9.01. The zero-order chi connectivity index (χ0) is 24.9. The number of morpholine rings is 1. The second-order valence-electron chi connectivity index (χ2n) is 8.28. The highest BCUT2D eigenvalue weighted by Crippen LogP contribution is 2.53. The molecule has 2 aromatic rings. The number of amides is 5. The van der Waals surface area contributed by atoms with Gasteiger partial charge in [0.2, 0.25) is 11.8 Å². The molecule has 5 rings (SSSR count). The predicted molar refractivity (Wildman–Crippen MR) is 125 cm³/mol. The number of hydrogen-bond donors (Lipinski definition) is 1. The van der Waals surface area contributed by atoms with Crippen LogP contribution < -0.4 is 15.3 Å². The number of methoxy groups -OCH3 is 1. The van der Waals surface area contributed by atoms with Crippen LogP contribution in [0.25, 0.3) is 0 Å². The Morgan fingerprint density at radius 2 is 1.80 bits per heavy atom. The molecule has 0 unspecified atom stereocenters. The second kappa shape index (κ2) is 9.13. The normalized spacial score (nSPS) is 23.7. The lowest BCUT2D eigenvalue weighted by atomic mass is 9.83. The van der Waals surface area contributed by atoms with E-state index in [-0.39, 0.29) is 17.3 Å². The molecule has 3 atom stereocenters. The monoisotopic (exact) mass is 518 g/mol. The third kappa shape index (κ3) is 3.93. The summed E-state index contributed by atoms with van der Waals surface area (Å²) in [5.74, 6) is -2.62. The molecule has 3 aliphatic rings. The van der Waals surface area contributed by atoms with Crippen LogP contribution in [0.2, 0.25) is 0 Å². The van der Waals surface area contributed by atoms with Crippen LogP contribution in [0.1, 0.15) is 16.4 Å². The molecule has 0 spiro atoms. The fourth-order valence-electron chi connectivity index (χ4n) is 4.69. The lowest BCUT2D eigenvalue weighted by molar-refractivity contribution is -0.137. The van der Waals surface area contributed by atoms with Crippen molar-refractivity contribution in [1.82, 2.24) is 14.4 Å². The molecule has 184 valence electrons. The van der Waals surface area contributed by atoms with E-state index in [0.717, 1.165) is 23.1 Å². The van der Waals surface area contributed by atoms with Crippen molar-refractivity contribution in [3.8, 4) is 5.75 Å². The van der Waals surface area contributed by atoms with Gasteiger partial charge in [-0.15, -0.1) is 0 Å². The first-order valence-electron chi connectivity index (χ1n) is 10.9. The summed E-state index contributed by atoms with van der Waals surface area (Å²) in [7, 11) is 1.53. The summed E-state index contributed by atoms with van der Waals surface area (Å²) in [6, 6.07) is 5.84. The van der Waals surface area contributed by atoms with Crippen LogP contribution in [0.5, 0.6) is 5.75 Å². The minimum absolute atomic E-state index is 0.188. The lowest BCUT2D eigenvalue weighted by Gasteiger charge is -2.31. The van der Waals surface area contributed by atoms with Crippen LogP contribution in [-0.4, -0.2) is 76.8 Å². The number of carbonyl (C=O) groups excluding carboxylic acids is 4. The molecule has 2 saturated heterocycles. The van der Waals surface area contributed by atoms with E-state index in [1.54, 1.807) is 29.2 Å². The number of thiazole rings is 1. The number of imide groups is 3. The van der Waals surface area contributed by atoms with Crippen molar-refractivity contribution in [3.05, 3.63) is 44.4 Å². The number of urea groups is 1. The number of aromatic nitrogens is 1. The molecule has 13 heteroatoms. The summed E-state index contributed by atoms with van der Waals surface area (Å²) in [6.45, 7) is 1.55. The highest BCUT2D eigenvalue weighted by molar-refractivity contribution is 8.00. The summed E-state index contributed by atoms with van der Waals surface area (Å²) in [6.07, 6.45) is 0. The van der Waals surface area contributed by atoms with E-state index >= 15 is 0 Å². The quantitative estimate of drug-likeness (QED) is 0.575. The van der Waals surface area contributed by atoms with Gasteiger partial charge in [0.15, 0.2) is 0 Å². The Morgan fingerprint density at radius 1 is 1.11 bits per heavy atom. The van der Waals surface area contributed by atoms with Gasteiger partial charge in [0.25, 0.3) is 5.91 Å². The second-order valence-corrected chi connectivity index (χ2v) is 10.4. The van der Waals surface area contributed by atoms with Gasteiger partial charge in [0.1, 0.15) is 17.5 Å². The van der Waals surface area contributed by atoms with Crippen LogP contribution in [0.15, 0.2) is 34.1 Å². The molecule has 0 saturated carbocycles. The smallest absolute Gasteiger partial charge is 0.328 e. The standard InChI is InChI=1S/C22H22N4O7S2/c1-32-12-4-2-11(3-5-12)14-15-16(19(29)26(18(15)28)21(23)30)34-20-17(14)35-22(31)25(20)10-13(27)24-6-8-33-9-7-24/h2-5,14-16H,6-10H2,1H3,(H2,23,30)/t14-,15+,16-/m0/s1. The van der Waals surface area contributed by atoms with Crippen molar-refractivity contribution in [2.75, 3.05) is 33.4 Å². The Kier molecular flexibility index (Phi) is 6.15. The van der Waals surface area contributed by atoms with Gasteiger partial charge in [-0.3, -0.25) is 23.7 Å². The average Bonchev–Trinajstić information content (AvgIpc) is 3.30. The van der Waals surface area contributed by atoms with Crippen molar-refractivity contribution < 1.29 is 28.7 Å². The van der Waals surface area contributed by atoms with E-state index in [2.05, 4.69) is 0 Å². The molecule has 11 nitrogen and oxygen atoms in total. The molecule has 1 aromatic carbocycles. The Balaban J connectivity index is 1.59. The summed E-state index contributed by atoms with van der Waals surface area (Å²) in [5.41, 5.74) is 6.03. The van der Waals surface area contributed by atoms with Crippen molar-refractivity contribution in [2.24, 2.45) is 11.7 Å². The lowest BCUT2D eigenvalue weighted by Crippen LogP contribution is -2.43. The first-order valence-corrected chi connectivity index (χ1v) is 12.6. The number of thioether (sulfide) groups is 1. The summed E-state index contributed by atoms with van der Waals surface area (Å²) < 4.78 is 11.9. The minimum Gasteiger partial charge on any atom is -0.497 e. The zero-order valence-electron chi connectivity index (χ0n) is 18.7. The number of nitrogens with zero attached hydrogens (tertiary/aromatic N) is 3. The molecule has 1 aromatic heterocycles. The molecule has 3 aliphatic heterocycles. The predicted octanol–water partition coefficient (Wildman–Crippen LogP) is 0.447. The number of carbonyl (C=O) groups is 4. The molecular weight excluding hydrogens is 496 g/mol. The zero-order valence-corrected chi connectivity index (χ0v) is 20.3. The molecular formula is C22H22N4O7S2. The first kappa shape index (κ1) is 23.6. The number of likely N-dealkylation sites (tertiary alicyclic amines) is 1. The fraction of sp³-hybridized carbons (Fsp3) is 0.409. The highest BCUT2D eigenvalue weighted by Gasteiger charge is 2.57. The number of fused-ring (bicyclic) bond motifs is 2. The van der Waals surface area contributed by atoms with Crippen LogP contribution in [-0.2, 0) is 25.7 Å². The fourth-order valence-corrected chi connectivity index (χ4v) is 7.46. The van der Waals surface area contributed by atoms with E-state index in [1.165, 1.54) is 11.7 Å². The Morgan fingerprint density at radius 3 is 2.43 bits per heavy atom. The minimum atomic E-state index is -1.13. The van der Waals surface area contributed by atoms with Gasteiger partial charge in [0, 0.05) is 23.9 Å². The third-order valence-electron chi connectivity index (χ3n) is 6.40. The maximum Gasteiger partial charge on any atom is 0.328 e. The number of ether oxygens (including phenoxy) is 2. The van der Waals surface area contributed by atoms with Gasteiger partial charge >= 0.3 is 10.9 Å². The molecule has 35 heavy (non-hydrogen) atoms. The summed E-state index contributed by atoms with van der Waals surface area (Å²) >= 11 is 1.98. The molecule has 2 N–H and O–H groups in total. The van der Waals surface area contributed by atoms with Crippen molar-refractivity contribution in [2.45, 2.75) is 22.7 Å². The first-order chi connectivity index (χ1) is 16.8. The molecule has 0 aliphatic carbocycles. The molecule has 0 radical (unpaired) electrons. The maximum absolute atomic E-state index is 13.2. The van der Waals surface area contributed by atoms with E-state index in [0.29, 0.717) is 52.4 Å². The number of hydrogen-bond acceptors (Lipinski definition) is 9. The summed E-state index contributed by atoms with van der Waals surface area (Å²) in [5, 5.41) is -0.496. The molecule has 5 amide bonds. The van der Waals surface area contributed by atoms with Crippen LogP contribution in [0.3, 0.4) is 0 Å². The van der Waals surface area contributed by atoms with E-state index in [4.69, 9.17) is 15.2 Å². The average molecular weight is 519 g/mol. The molecule has 4 heterocycles. The van der Waals surface area contributed by atoms with Crippen molar-refractivity contribution >= 4 is 46.9 Å². The Bertz CT molecular complexity index is 1270. The number of primary amides is 1. The van der Waals surface area contributed by atoms with Crippen LogP contribution in [0, 0.1) is 5.92 Å². The Hall–Kier alpha value is -3.16. The maximum atomic E-state index is 13.2. The topological polar surface area (TPSA) is 141 Å². The van der Waals surface area contributed by atoms with Gasteiger partial charge in [-0.1, -0.05) is 35.2 Å². The number of nitrogens with two attached hydrogens (primary N) is 1. The SMILES string of the molecule is COc1ccc([C@@H]2c3sc(=O)n(CC(=O)N4CCOCC4)c3S[C@@H]3C(=O)N(C(N)=O)C(=O)[C@H]23)cc1. The number of benzene rings is 1.